The number of aromatic nitrogens is 2. The molecule has 1 atom stereocenters. The van der Waals surface area contributed by atoms with Gasteiger partial charge in [-0.1, -0.05) is 0 Å². The average Bonchev–Trinajstić information content (AvgIpc) is 2.72. The topological polar surface area (TPSA) is 82.2 Å². The average molecular weight is 336 g/mol. The highest BCUT2D eigenvalue weighted by Gasteiger charge is 2.24. The Balaban J connectivity index is 2.29. The Morgan fingerprint density at radius 2 is 2.12 bits per heavy atom. The lowest BCUT2D eigenvalue weighted by Gasteiger charge is -2.16. The van der Waals surface area contributed by atoms with E-state index >= 15 is 0 Å². The molecular formula is C16H21FN4O3. The van der Waals surface area contributed by atoms with Gasteiger partial charge in [0.15, 0.2) is 0 Å². The number of aryl methyl sites for hydroxylation is 2. The SMILES string of the molecule is COc1cc(F)c([N+](=O)[O-])c(NC(C)Cc2c(C)nn(C)c2C)c1. The van der Waals surface area contributed by atoms with Crippen molar-refractivity contribution in [3.8, 4) is 5.75 Å². The number of methoxy groups -OCH3 is 1. The molecule has 0 spiro atoms. The van der Waals surface area contributed by atoms with E-state index in [1.54, 1.807) is 4.68 Å². The van der Waals surface area contributed by atoms with Crippen molar-refractivity contribution in [2.75, 3.05) is 12.4 Å². The minimum atomic E-state index is -0.928. The third kappa shape index (κ3) is 3.47. The normalized spacial score (nSPS) is 12.1. The zero-order chi connectivity index (χ0) is 18.0. The molecule has 2 rings (SSSR count). The summed E-state index contributed by atoms with van der Waals surface area (Å²) >= 11 is 0. The molecule has 0 saturated heterocycles. The number of nitrogens with one attached hydrogen (secondary N) is 1. The van der Waals surface area contributed by atoms with Crippen molar-refractivity contribution in [1.82, 2.24) is 9.78 Å². The largest absolute Gasteiger partial charge is 0.497 e. The van der Waals surface area contributed by atoms with Gasteiger partial charge in [-0.25, -0.2) is 0 Å². The van der Waals surface area contributed by atoms with Gasteiger partial charge in [0, 0.05) is 30.9 Å². The second-order valence-electron chi connectivity index (χ2n) is 5.78. The Morgan fingerprint density at radius 3 is 2.62 bits per heavy atom. The highest BCUT2D eigenvalue weighted by Crippen LogP contribution is 2.33. The summed E-state index contributed by atoms with van der Waals surface area (Å²) in [4.78, 5) is 10.4. The Hall–Kier alpha value is -2.64. The lowest BCUT2D eigenvalue weighted by atomic mass is 10.0. The number of nitro benzene ring substituents is 1. The van der Waals surface area contributed by atoms with E-state index in [0.29, 0.717) is 6.42 Å². The molecule has 0 aliphatic heterocycles. The van der Waals surface area contributed by atoms with Crippen molar-refractivity contribution in [3.63, 3.8) is 0 Å². The third-order valence-corrected chi connectivity index (χ3v) is 4.03. The van der Waals surface area contributed by atoms with E-state index in [1.807, 2.05) is 27.8 Å². The van der Waals surface area contributed by atoms with E-state index in [-0.39, 0.29) is 17.5 Å². The second kappa shape index (κ2) is 6.86. The fourth-order valence-corrected chi connectivity index (χ4v) is 2.72. The number of hydrogen-bond donors (Lipinski definition) is 1. The highest BCUT2D eigenvalue weighted by molar-refractivity contribution is 5.65. The van der Waals surface area contributed by atoms with Gasteiger partial charge in [0.1, 0.15) is 11.4 Å². The van der Waals surface area contributed by atoms with Crippen LogP contribution in [0.4, 0.5) is 15.8 Å². The summed E-state index contributed by atoms with van der Waals surface area (Å²) in [5.74, 6) is -0.704. The summed E-state index contributed by atoms with van der Waals surface area (Å²) in [6.45, 7) is 5.77. The van der Waals surface area contributed by atoms with E-state index in [9.17, 15) is 14.5 Å². The van der Waals surface area contributed by atoms with Gasteiger partial charge in [-0.3, -0.25) is 14.8 Å². The molecule has 1 N–H and O–H groups in total. The van der Waals surface area contributed by atoms with Gasteiger partial charge in [-0.05, 0) is 32.8 Å². The number of hydrogen-bond acceptors (Lipinski definition) is 5. The number of ether oxygens (including phenoxy) is 1. The standard InChI is InChI=1S/C16H21FN4O3/c1-9(6-13-10(2)19-20(4)11(13)3)18-15-8-12(24-5)7-14(17)16(15)21(22)23/h7-9,18H,6H2,1-5H3. The van der Waals surface area contributed by atoms with E-state index in [4.69, 9.17) is 4.74 Å². The van der Waals surface area contributed by atoms with Crippen LogP contribution in [0.2, 0.25) is 0 Å². The molecule has 130 valence electrons. The first kappa shape index (κ1) is 17.7. The maximum Gasteiger partial charge on any atom is 0.327 e. The first-order chi connectivity index (χ1) is 11.2. The lowest BCUT2D eigenvalue weighted by Crippen LogP contribution is -2.20. The van der Waals surface area contributed by atoms with Gasteiger partial charge < -0.3 is 10.1 Å². The van der Waals surface area contributed by atoms with Crippen LogP contribution in [0.25, 0.3) is 0 Å². The number of rotatable bonds is 6. The van der Waals surface area contributed by atoms with Gasteiger partial charge >= 0.3 is 5.69 Å². The summed E-state index contributed by atoms with van der Waals surface area (Å²) in [7, 11) is 3.25. The molecule has 1 unspecified atom stereocenters. The summed E-state index contributed by atoms with van der Waals surface area (Å²) in [5.41, 5.74) is 2.54. The van der Waals surface area contributed by atoms with Crippen LogP contribution in [0, 0.1) is 29.8 Å². The number of nitro groups is 1. The Labute approximate surface area is 139 Å². The monoisotopic (exact) mass is 336 g/mol. The van der Waals surface area contributed by atoms with Crippen molar-refractivity contribution < 1.29 is 14.1 Å². The lowest BCUT2D eigenvalue weighted by molar-refractivity contribution is -0.386. The second-order valence-corrected chi connectivity index (χ2v) is 5.78. The van der Waals surface area contributed by atoms with Gasteiger partial charge in [0.25, 0.3) is 0 Å². The predicted molar refractivity (Wildman–Crippen MR) is 89.1 cm³/mol. The van der Waals surface area contributed by atoms with Crippen molar-refractivity contribution in [2.45, 2.75) is 33.2 Å². The summed E-state index contributed by atoms with van der Waals surface area (Å²) in [5, 5.41) is 18.5. The minimum Gasteiger partial charge on any atom is -0.497 e. The van der Waals surface area contributed by atoms with Gasteiger partial charge in [0.2, 0.25) is 5.82 Å². The van der Waals surface area contributed by atoms with Crippen LogP contribution in [0.3, 0.4) is 0 Å². The van der Waals surface area contributed by atoms with E-state index in [0.717, 1.165) is 23.0 Å². The first-order valence-electron chi connectivity index (χ1n) is 7.52. The number of anilines is 1. The third-order valence-electron chi connectivity index (χ3n) is 4.03. The fraction of sp³-hybridized carbons (Fsp3) is 0.438. The van der Waals surface area contributed by atoms with Gasteiger partial charge in [-0.15, -0.1) is 0 Å². The molecule has 1 aromatic carbocycles. The number of halogens is 1. The van der Waals surface area contributed by atoms with Crippen LogP contribution >= 0.6 is 0 Å². The molecule has 7 nitrogen and oxygen atoms in total. The molecule has 1 aromatic heterocycles. The van der Waals surface area contributed by atoms with Crippen molar-refractivity contribution in [1.29, 1.82) is 0 Å². The number of benzene rings is 1. The molecule has 0 amide bonds. The molecule has 0 bridgehead atoms. The highest BCUT2D eigenvalue weighted by atomic mass is 19.1. The Morgan fingerprint density at radius 1 is 1.46 bits per heavy atom. The summed E-state index contributed by atoms with van der Waals surface area (Å²) in [6.07, 6.45) is 0.613. The van der Waals surface area contributed by atoms with Gasteiger partial charge in [-0.2, -0.15) is 9.49 Å². The molecule has 0 radical (unpaired) electrons. The fourth-order valence-electron chi connectivity index (χ4n) is 2.72. The Bertz CT molecular complexity index is 773. The van der Waals surface area contributed by atoms with Crippen LogP contribution in [0.5, 0.6) is 5.75 Å². The van der Waals surface area contributed by atoms with Crippen LogP contribution < -0.4 is 10.1 Å². The van der Waals surface area contributed by atoms with Crippen molar-refractivity contribution >= 4 is 11.4 Å². The number of nitrogens with zero attached hydrogens (tertiary/aromatic N) is 3. The molecule has 0 saturated carbocycles. The maximum atomic E-state index is 14.0. The van der Waals surface area contributed by atoms with E-state index in [2.05, 4.69) is 10.4 Å². The smallest absolute Gasteiger partial charge is 0.327 e. The van der Waals surface area contributed by atoms with Crippen LogP contribution in [0.1, 0.15) is 23.9 Å². The molecule has 8 heteroatoms. The Kier molecular flexibility index (Phi) is 5.06. The zero-order valence-corrected chi connectivity index (χ0v) is 14.4. The first-order valence-corrected chi connectivity index (χ1v) is 7.52. The van der Waals surface area contributed by atoms with E-state index < -0.39 is 16.4 Å². The molecular weight excluding hydrogens is 315 g/mol. The molecule has 24 heavy (non-hydrogen) atoms. The van der Waals surface area contributed by atoms with Crippen LogP contribution in [-0.4, -0.2) is 27.9 Å². The molecule has 1 heterocycles. The van der Waals surface area contributed by atoms with Gasteiger partial charge in [0.05, 0.1) is 17.7 Å². The minimum absolute atomic E-state index is 0.101. The predicted octanol–water partition coefficient (Wildman–Crippen LogP) is 3.14. The molecule has 2 aromatic rings. The molecule has 0 fully saturated rings. The summed E-state index contributed by atoms with van der Waals surface area (Å²) in [6, 6.07) is 2.28. The van der Waals surface area contributed by atoms with Crippen LogP contribution in [0.15, 0.2) is 12.1 Å². The van der Waals surface area contributed by atoms with Crippen LogP contribution in [-0.2, 0) is 13.5 Å². The van der Waals surface area contributed by atoms with Crippen molar-refractivity contribution in [2.24, 2.45) is 7.05 Å². The summed E-state index contributed by atoms with van der Waals surface area (Å²) < 4.78 is 20.8. The molecule has 0 aliphatic carbocycles. The zero-order valence-electron chi connectivity index (χ0n) is 14.4. The van der Waals surface area contributed by atoms with E-state index in [1.165, 1.54) is 13.2 Å². The maximum absolute atomic E-state index is 14.0. The van der Waals surface area contributed by atoms with Crippen molar-refractivity contribution in [3.05, 3.63) is 45.0 Å². The quantitative estimate of drug-likeness (QED) is 0.647. The molecule has 0 aliphatic rings.